The standard InChI is InChI=1S/C15H24N4O2/c1-3-21-15(20)19-9-7-18(8-10-19)11-14-12-5-4-6-13(12)16-17(14)2/h3-11H2,1-2H3. The van der Waals surface area contributed by atoms with Gasteiger partial charge in [-0.05, 0) is 31.7 Å². The van der Waals surface area contributed by atoms with Crippen molar-refractivity contribution < 1.29 is 9.53 Å². The lowest BCUT2D eigenvalue weighted by Crippen LogP contribution is -2.48. The van der Waals surface area contributed by atoms with Crippen LogP contribution in [-0.2, 0) is 31.2 Å². The summed E-state index contributed by atoms with van der Waals surface area (Å²) >= 11 is 0. The van der Waals surface area contributed by atoms with E-state index in [4.69, 9.17) is 4.74 Å². The second-order valence-corrected chi connectivity index (χ2v) is 5.81. The number of amides is 1. The summed E-state index contributed by atoms with van der Waals surface area (Å²) in [5.74, 6) is 0. The predicted molar refractivity (Wildman–Crippen MR) is 79.1 cm³/mol. The second kappa shape index (κ2) is 6.05. The summed E-state index contributed by atoms with van der Waals surface area (Å²) in [5.41, 5.74) is 4.11. The van der Waals surface area contributed by atoms with Crippen molar-refractivity contribution in [3.63, 3.8) is 0 Å². The van der Waals surface area contributed by atoms with Gasteiger partial charge in [0.1, 0.15) is 0 Å². The summed E-state index contributed by atoms with van der Waals surface area (Å²) in [6.07, 6.45) is 3.35. The number of hydrogen-bond acceptors (Lipinski definition) is 4. The van der Waals surface area contributed by atoms with Crippen LogP contribution in [-0.4, -0.2) is 58.5 Å². The van der Waals surface area contributed by atoms with Crippen molar-refractivity contribution in [3.8, 4) is 0 Å². The maximum Gasteiger partial charge on any atom is 0.409 e. The van der Waals surface area contributed by atoms with E-state index in [2.05, 4.69) is 10.00 Å². The van der Waals surface area contributed by atoms with Crippen LogP contribution in [0.3, 0.4) is 0 Å². The van der Waals surface area contributed by atoms with E-state index in [1.54, 1.807) is 4.90 Å². The highest BCUT2D eigenvalue weighted by atomic mass is 16.6. The number of nitrogens with zero attached hydrogens (tertiary/aromatic N) is 4. The van der Waals surface area contributed by atoms with Gasteiger partial charge in [0.25, 0.3) is 0 Å². The van der Waals surface area contributed by atoms with Crippen molar-refractivity contribution in [2.75, 3.05) is 32.8 Å². The monoisotopic (exact) mass is 292 g/mol. The molecule has 21 heavy (non-hydrogen) atoms. The minimum atomic E-state index is -0.182. The fraction of sp³-hybridized carbons (Fsp3) is 0.733. The van der Waals surface area contributed by atoms with Gasteiger partial charge in [-0.3, -0.25) is 9.58 Å². The Kier molecular flexibility index (Phi) is 4.14. The molecule has 1 fully saturated rings. The highest BCUT2D eigenvalue weighted by Gasteiger charge is 2.25. The molecule has 0 aromatic carbocycles. The van der Waals surface area contributed by atoms with Crippen LogP contribution in [0.4, 0.5) is 4.79 Å². The third-order valence-corrected chi connectivity index (χ3v) is 4.47. The van der Waals surface area contributed by atoms with Crippen LogP contribution in [0.1, 0.15) is 30.3 Å². The molecule has 0 unspecified atom stereocenters. The van der Waals surface area contributed by atoms with E-state index >= 15 is 0 Å². The summed E-state index contributed by atoms with van der Waals surface area (Å²) < 4.78 is 7.10. The lowest BCUT2D eigenvalue weighted by Gasteiger charge is -2.34. The predicted octanol–water partition coefficient (Wildman–Crippen LogP) is 1.18. The molecule has 0 spiro atoms. The third kappa shape index (κ3) is 2.90. The number of rotatable bonds is 3. The SMILES string of the molecule is CCOC(=O)N1CCN(Cc2c3c(nn2C)CCC3)CC1. The van der Waals surface area contributed by atoms with Crippen molar-refractivity contribution in [1.82, 2.24) is 19.6 Å². The van der Waals surface area contributed by atoms with E-state index < -0.39 is 0 Å². The van der Waals surface area contributed by atoms with E-state index in [9.17, 15) is 4.79 Å². The molecular formula is C15H24N4O2. The smallest absolute Gasteiger partial charge is 0.409 e. The number of hydrogen-bond donors (Lipinski definition) is 0. The van der Waals surface area contributed by atoms with E-state index in [0.717, 1.165) is 39.1 Å². The molecule has 3 rings (SSSR count). The molecule has 1 aromatic heterocycles. The zero-order chi connectivity index (χ0) is 14.8. The van der Waals surface area contributed by atoms with E-state index in [-0.39, 0.29) is 6.09 Å². The second-order valence-electron chi connectivity index (χ2n) is 5.81. The fourth-order valence-electron chi connectivity index (χ4n) is 3.30. The van der Waals surface area contributed by atoms with E-state index in [1.165, 1.54) is 29.8 Å². The van der Waals surface area contributed by atoms with Gasteiger partial charge < -0.3 is 9.64 Å². The van der Waals surface area contributed by atoms with Crippen LogP contribution in [0.2, 0.25) is 0 Å². The molecular weight excluding hydrogens is 268 g/mol. The molecule has 1 aliphatic heterocycles. The maximum absolute atomic E-state index is 11.7. The Labute approximate surface area is 125 Å². The Morgan fingerprint density at radius 3 is 2.71 bits per heavy atom. The number of carbonyl (C=O) groups excluding carboxylic acids is 1. The lowest BCUT2D eigenvalue weighted by atomic mass is 10.2. The van der Waals surface area contributed by atoms with Crippen molar-refractivity contribution in [2.45, 2.75) is 32.7 Å². The normalized spacial score (nSPS) is 18.9. The van der Waals surface area contributed by atoms with Crippen LogP contribution < -0.4 is 0 Å². The molecule has 0 N–H and O–H groups in total. The zero-order valence-electron chi connectivity index (χ0n) is 13.0. The molecule has 2 aliphatic rings. The van der Waals surface area contributed by atoms with Crippen LogP contribution in [0.25, 0.3) is 0 Å². The van der Waals surface area contributed by atoms with Crippen molar-refractivity contribution in [1.29, 1.82) is 0 Å². The highest BCUT2D eigenvalue weighted by molar-refractivity contribution is 5.67. The minimum absolute atomic E-state index is 0.182. The van der Waals surface area contributed by atoms with Crippen LogP contribution >= 0.6 is 0 Å². The summed E-state index contributed by atoms with van der Waals surface area (Å²) in [6, 6.07) is 0. The number of piperazine rings is 1. The molecule has 2 heterocycles. The number of aryl methyl sites for hydroxylation is 2. The number of ether oxygens (including phenoxy) is 1. The van der Waals surface area contributed by atoms with Gasteiger partial charge in [0.05, 0.1) is 18.0 Å². The van der Waals surface area contributed by atoms with Gasteiger partial charge in [-0.15, -0.1) is 0 Å². The first-order valence-electron chi connectivity index (χ1n) is 7.86. The first kappa shape index (κ1) is 14.4. The summed E-state index contributed by atoms with van der Waals surface area (Å²) in [5, 5.41) is 4.63. The fourth-order valence-corrected chi connectivity index (χ4v) is 3.30. The van der Waals surface area contributed by atoms with Crippen LogP contribution in [0.5, 0.6) is 0 Å². The molecule has 1 saturated heterocycles. The molecule has 1 aromatic rings. The highest BCUT2D eigenvalue weighted by Crippen LogP contribution is 2.25. The maximum atomic E-state index is 11.7. The molecule has 6 nitrogen and oxygen atoms in total. The number of aromatic nitrogens is 2. The first-order valence-corrected chi connectivity index (χ1v) is 7.86. The molecule has 0 saturated carbocycles. The van der Waals surface area contributed by atoms with Gasteiger partial charge in [0.2, 0.25) is 0 Å². The average molecular weight is 292 g/mol. The molecule has 6 heteroatoms. The van der Waals surface area contributed by atoms with E-state index in [1.807, 2.05) is 18.7 Å². The Bertz CT molecular complexity index is 518. The number of fused-ring (bicyclic) bond motifs is 1. The van der Waals surface area contributed by atoms with Crippen molar-refractivity contribution in [2.24, 2.45) is 7.05 Å². The Hall–Kier alpha value is -1.56. The van der Waals surface area contributed by atoms with Gasteiger partial charge in [-0.2, -0.15) is 5.10 Å². The molecule has 0 radical (unpaired) electrons. The summed E-state index contributed by atoms with van der Waals surface area (Å²) in [4.78, 5) is 15.9. The summed E-state index contributed by atoms with van der Waals surface area (Å²) in [7, 11) is 2.04. The quantitative estimate of drug-likeness (QED) is 0.839. The van der Waals surface area contributed by atoms with Gasteiger partial charge >= 0.3 is 6.09 Å². The van der Waals surface area contributed by atoms with Crippen molar-refractivity contribution >= 4 is 6.09 Å². The molecule has 116 valence electrons. The first-order chi connectivity index (χ1) is 10.2. The van der Waals surface area contributed by atoms with Crippen molar-refractivity contribution in [3.05, 3.63) is 17.0 Å². The lowest BCUT2D eigenvalue weighted by molar-refractivity contribution is 0.0771. The van der Waals surface area contributed by atoms with Gasteiger partial charge in [-0.25, -0.2) is 4.79 Å². The van der Waals surface area contributed by atoms with Crippen LogP contribution in [0, 0.1) is 0 Å². The van der Waals surface area contributed by atoms with E-state index in [0.29, 0.717) is 6.61 Å². The van der Waals surface area contributed by atoms with Crippen LogP contribution in [0.15, 0.2) is 0 Å². The molecule has 1 amide bonds. The Morgan fingerprint density at radius 1 is 1.24 bits per heavy atom. The Balaban J connectivity index is 1.58. The molecule has 1 aliphatic carbocycles. The molecule has 0 atom stereocenters. The Morgan fingerprint density at radius 2 is 2.00 bits per heavy atom. The summed E-state index contributed by atoms with van der Waals surface area (Å²) in [6.45, 7) is 6.53. The average Bonchev–Trinajstić information content (AvgIpc) is 3.03. The van der Waals surface area contributed by atoms with Gasteiger partial charge in [0, 0.05) is 39.8 Å². The third-order valence-electron chi connectivity index (χ3n) is 4.47. The largest absolute Gasteiger partial charge is 0.450 e. The zero-order valence-corrected chi connectivity index (χ0v) is 13.0. The minimum Gasteiger partial charge on any atom is -0.450 e. The van der Waals surface area contributed by atoms with Gasteiger partial charge in [-0.1, -0.05) is 0 Å². The topological polar surface area (TPSA) is 50.6 Å². The molecule has 0 bridgehead atoms. The van der Waals surface area contributed by atoms with Gasteiger partial charge in [0.15, 0.2) is 0 Å². The number of carbonyl (C=O) groups is 1.